The molecule has 0 aliphatic rings. The zero-order chi connectivity index (χ0) is 13.8. The normalized spacial score (nSPS) is 9.84. The van der Waals surface area contributed by atoms with Gasteiger partial charge < -0.3 is 10.8 Å². The fourth-order valence-electron chi connectivity index (χ4n) is 1.93. The van der Waals surface area contributed by atoms with Gasteiger partial charge in [-0.05, 0) is 23.3 Å². The predicted octanol–water partition coefficient (Wildman–Crippen LogP) is 2.28. The number of nitrogens with zero attached hydrogens (tertiary/aromatic N) is 1. The minimum absolute atomic E-state index is 0.0534. The largest absolute Gasteiger partial charge is 0.507 e. The van der Waals surface area contributed by atoms with Crippen LogP contribution in [-0.4, -0.2) is 10.9 Å². The molecule has 0 aliphatic carbocycles. The highest BCUT2D eigenvalue weighted by atomic mass is 16.3. The molecule has 0 aromatic heterocycles. The second-order valence-corrected chi connectivity index (χ2v) is 4.15. The summed E-state index contributed by atoms with van der Waals surface area (Å²) in [6, 6.07) is 13.6. The van der Waals surface area contributed by atoms with Crippen LogP contribution in [0.4, 0.5) is 5.69 Å². The molecular formula is C15H12N2O2. The molecule has 0 amide bonds. The number of aromatic hydroxyl groups is 1. The molecule has 3 N–H and O–H groups in total. The van der Waals surface area contributed by atoms with Crippen molar-refractivity contribution in [2.75, 3.05) is 5.73 Å². The highest BCUT2D eigenvalue weighted by Crippen LogP contribution is 2.34. The van der Waals surface area contributed by atoms with Crippen LogP contribution >= 0.6 is 0 Å². The van der Waals surface area contributed by atoms with Gasteiger partial charge in [-0.3, -0.25) is 4.79 Å². The number of benzene rings is 2. The number of phenols is 1. The molecule has 0 atom stereocenters. The van der Waals surface area contributed by atoms with Crippen molar-refractivity contribution in [3.05, 3.63) is 48.0 Å². The second kappa shape index (κ2) is 5.23. The second-order valence-electron chi connectivity index (χ2n) is 4.15. The lowest BCUT2D eigenvalue weighted by molar-refractivity contribution is -0.113. The maximum absolute atomic E-state index is 11.1. The zero-order valence-corrected chi connectivity index (χ0v) is 10.1. The van der Waals surface area contributed by atoms with Crippen molar-refractivity contribution in [1.29, 1.82) is 5.26 Å². The molecule has 2 aromatic carbocycles. The Morgan fingerprint density at radius 1 is 1.26 bits per heavy atom. The summed E-state index contributed by atoms with van der Waals surface area (Å²) in [6.07, 6.45) is 0.0534. The molecule has 0 fully saturated rings. The van der Waals surface area contributed by atoms with E-state index in [2.05, 4.69) is 0 Å². The smallest absolute Gasteiger partial charge is 0.236 e. The number of rotatable bonds is 3. The van der Waals surface area contributed by atoms with Gasteiger partial charge in [0.1, 0.15) is 11.8 Å². The monoisotopic (exact) mass is 252 g/mol. The third-order valence-corrected chi connectivity index (χ3v) is 2.78. The number of ketones is 1. The van der Waals surface area contributed by atoms with E-state index < -0.39 is 5.78 Å². The van der Waals surface area contributed by atoms with E-state index in [1.165, 1.54) is 0 Å². The Balaban J connectivity index is 2.44. The Bertz CT molecular complexity index is 652. The standard InChI is InChI=1S/C15H12N2O2/c16-9-12(18)8-10-3-1-4-11(7-10)15-13(17)5-2-6-14(15)19/h1-7,19H,8,17H2. The number of nitrogen functional groups attached to an aromatic ring is 1. The van der Waals surface area contributed by atoms with Crippen LogP contribution in [0, 0.1) is 11.3 Å². The number of carbonyl (C=O) groups is 1. The van der Waals surface area contributed by atoms with E-state index in [4.69, 9.17) is 11.0 Å². The van der Waals surface area contributed by atoms with Gasteiger partial charge in [0.15, 0.2) is 0 Å². The Labute approximate surface area is 110 Å². The minimum atomic E-state index is -0.498. The van der Waals surface area contributed by atoms with Crippen molar-refractivity contribution in [2.45, 2.75) is 6.42 Å². The number of hydrogen-bond donors (Lipinski definition) is 2. The van der Waals surface area contributed by atoms with E-state index in [1.807, 2.05) is 0 Å². The first kappa shape index (κ1) is 12.7. The number of carbonyl (C=O) groups excluding carboxylic acids is 1. The Kier molecular flexibility index (Phi) is 3.48. The maximum Gasteiger partial charge on any atom is 0.236 e. The summed E-state index contributed by atoms with van der Waals surface area (Å²) in [4.78, 5) is 11.1. The van der Waals surface area contributed by atoms with E-state index in [0.29, 0.717) is 16.8 Å². The van der Waals surface area contributed by atoms with Crippen LogP contribution in [0.2, 0.25) is 0 Å². The van der Waals surface area contributed by atoms with Gasteiger partial charge in [-0.15, -0.1) is 0 Å². The van der Waals surface area contributed by atoms with Crippen molar-refractivity contribution in [3.63, 3.8) is 0 Å². The number of nitriles is 1. The van der Waals surface area contributed by atoms with Crippen molar-refractivity contribution in [3.8, 4) is 22.9 Å². The van der Waals surface area contributed by atoms with Gasteiger partial charge in [0.25, 0.3) is 0 Å². The van der Waals surface area contributed by atoms with Gasteiger partial charge in [0.2, 0.25) is 5.78 Å². The molecule has 0 saturated heterocycles. The van der Waals surface area contributed by atoms with Crippen molar-refractivity contribution >= 4 is 11.5 Å². The lowest BCUT2D eigenvalue weighted by Gasteiger charge is -2.09. The Morgan fingerprint density at radius 3 is 2.68 bits per heavy atom. The molecule has 2 rings (SSSR count). The summed E-state index contributed by atoms with van der Waals surface area (Å²) in [5, 5.41) is 18.4. The highest BCUT2D eigenvalue weighted by molar-refractivity contribution is 5.95. The lowest BCUT2D eigenvalue weighted by atomic mass is 9.99. The van der Waals surface area contributed by atoms with Crippen LogP contribution in [-0.2, 0) is 11.2 Å². The van der Waals surface area contributed by atoms with E-state index in [1.54, 1.807) is 48.5 Å². The topological polar surface area (TPSA) is 87.1 Å². The number of anilines is 1. The summed E-state index contributed by atoms with van der Waals surface area (Å²) in [5.74, 6) is -0.411. The van der Waals surface area contributed by atoms with Crippen LogP contribution in [0.15, 0.2) is 42.5 Å². The van der Waals surface area contributed by atoms with Gasteiger partial charge in [-0.2, -0.15) is 5.26 Å². The molecule has 94 valence electrons. The molecule has 0 saturated carbocycles. The molecule has 0 radical (unpaired) electrons. The van der Waals surface area contributed by atoms with Crippen molar-refractivity contribution < 1.29 is 9.90 Å². The Morgan fingerprint density at radius 2 is 2.00 bits per heavy atom. The van der Waals surface area contributed by atoms with E-state index in [9.17, 15) is 9.90 Å². The number of Topliss-reactive ketones (excluding diaryl/α,β-unsaturated/α-hetero) is 1. The highest BCUT2D eigenvalue weighted by Gasteiger charge is 2.09. The Hall–Kier alpha value is -2.80. The molecule has 0 unspecified atom stereocenters. The van der Waals surface area contributed by atoms with E-state index >= 15 is 0 Å². The molecule has 4 nitrogen and oxygen atoms in total. The fraction of sp³-hybridized carbons (Fsp3) is 0.0667. The van der Waals surface area contributed by atoms with Crippen LogP contribution in [0.3, 0.4) is 0 Å². The number of phenolic OH excluding ortho intramolecular Hbond substituents is 1. The van der Waals surface area contributed by atoms with Crippen molar-refractivity contribution in [1.82, 2.24) is 0 Å². The molecule has 0 spiro atoms. The summed E-state index contributed by atoms with van der Waals surface area (Å²) >= 11 is 0. The first-order chi connectivity index (χ1) is 9.11. The van der Waals surface area contributed by atoms with Crippen LogP contribution in [0.5, 0.6) is 5.75 Å². The van der Waals surface area contributed by atoms with Crippen LogP contribution in [0.1, 0.15) is 5.56 Å². The number of hydrogen-bond acceptors (Lipinski definition) is 4. The molecule has 2 aromatic rings. The minimum Gasteiger partial charge on any atom is -0.507 e. The first-order valence-corrected chi connectivity index (χ1v) is 5.71. The predicted molar refractivity (Wildman–Crippen MR) is 72.3 cm³/mol. The molecule has 19 heavy (non-hydrogen) atoms. The quantitative estimate of drug-likeness (QED) is 0.648. The maximum atomic E-state index is 11.1. The van der Waals surface area contributed by atoms with Gasteiger partial charge in [-0.1, -0.05) is 30.3 Å². The average molecular weight is 252 g/mol. The van der Waals surface area contributed by atoms with Crippen molar-refractivity contribution in [2.24, 2.45) is 0 Å². The summed E-state index contributed by atoms with van der Waals surface area (Å²) in [5.41, 5.74) is 8.29. The summed E-state index contributed by atoms with van der Waals surface area (Å²) < 4.78 is 0. The third-order valence-electron chi connectivity index (χ3n) is 2.78. The first-order valence-electron chi connectivity index (χ1n) is 5.71. The average Bonchev–Trinajstić information content (AvgIpc) is 2.39. The number of nitrogens with two attached hydrogens (primary N) is 1. The zero-order valence-electron chi connectivity index (χ0n) is 10.1. The summed E-state index contributed by atoms with van der Waals surface area (Å²) in [6.45, 7) is 0. The molecule has 4 heteroatoms. The van der Waals surface area contributed by atoms with Crippen LogP contribution < -0.4 is 5.73 Å². The molecule has 0 heterocycles. The SMILES string of the molecule is N#CC(=O)Cc1cccc(-c2c(N)cccc2O)c1. The van der Waals surface area contributed by atoms with E-state index in [-0.39, 0.29) is 12.2 Å². The fourth-order valence-corrected chi connectivity index (χ4v) is 1.93. The molecular weight excluding hydrogens is 240 g/mol. The molecule has 0 aliphatic heterocycles. The summed E-state index contributed by atoms with van der Waals surface area (Å²) in [7, 11) is 0. The van der Waals surface area contributed by atoms with Gasteiger partial charge >= 0.3 is 0 Å². The van der Waals surface area contributed by atoms with Gasteiger partial charge in [-0.25, -0.2) is 0 Å². The van der Waals surface area contributed by atoms with Crippen LogP contribution in [0.25, 0.3) is 11.1 Å². The molecule has 0 bridgehead atoms. The van der Waals surface area contributed by atoms with Gasteiger partial charge in [0, 0.05) is 17.7 Å². The van der Waals surface area contributed by atoms with E-state index in [0.717, 1.165) is 5.56 Å². The van der Waals surface area contributed by atoms with Gasteiger partial charge in [0.05, 0.1) is 0 Å². The third kappa shape index (κ3) is 2.72. The lowest BCUT2D eigenvalue weighted by Crippen LogP contribution is -1.99.